The predicted octanol–water partition coefficient (Wildman–Crippen LogP) is 5.73. The van der Waals surface area contributed by atoms with Gasteiger partial charge in [-0.05, 0) is 31.9 Å². The van der Waals surface area contributed by atoms with E-state index in [2.05, 4.69) is 41.3 Å². The lowest BCUT2D eigenvalue weighted by Crippen LogP contribution is -2.06. The number of benzene rings is 2. The first-order valence-corrected chi connectivity index (χ1v) is 7.57. The average molecular weight is 480 g/mol. The lowest BCUT2D eigenvalue weighted by Gasteiger charge is -2.16. The van der Waals surface area contributed by atoms with E-state index in [0.717, 1.165) is 14.2 Å². The van der Waals surface area contributed by atoms with Crippen molar-refractivity contribution in [3.05, 3.63) is 43.8 Å². The van der Waals surface area contributed by atoms with Crippen LogP contribution in [-0.4, -0.2) is 14.2 Å². The summed E-state index contributed by atoms with van der Waals surface area (Å²) in [5.74, 6) is -12.0. The molecule has 130 valence electrons. The Kier molecular flexibility index (Phi) is 5.38. The summed E-state index contributed by atoms with van der Waals surface area (Å²) in [5.41, 5.74) is -2.12. The molecule has 10 heteroatoms. The van der Waals surface area contributed by atoms with Crippen molar-refractivity contribution in [3.63, 3.8) is 0 Å². The van der Waals surface area contributed by atoms with Crippen LogP contribution in [0.25, 0.3) is 11.1 Å². The van der Waals surface area contributed by atoms with Crippen LogP contribution >= 0.6 is 31.9 Å². The topological polar surface area (TPSA) is 18.5 Å². The van der Waals surface area contributed by atoms with E-state index in [1.807, 2.05) is 0 Å². The van der Waals surface area contributed by atoms with Crippen LogP contribution in [0, 0.1) is 34.9 Å². The second kappa shape index (κ2) is 6.83. The summed E-state index contributed by atoms with van der Waals surface area (Å²) in [7, 11) is 1.77. The maximum absolute atomic E-state index is 14.3. The minimum atomic E-state index is -1.78. The molecule has 0 saturated heterocycles. The van der Waals surface area contributed by atoms with Crippen LogP contribution < -0.4 is 9.47 Å². The fraction of sp³-hybridized carbons (Fsp3) is 0.143. The molecule has 0 radical (unpaired) electrons. The van der Waals surface area contributed by atoms with Crippen molar-refractivity contribution in [3.8, 4) is 22.6 Å². The molecule has 0 atom stereocenters. The van der Waals surface area contributed by atoms with E-state index >= 15 is 0 Å². The molecule has 0 aromatic heterocycles. The smallest absolute Gasteiger partial charge is 0.204 e. The maximum Gasteiger partial charge on any atom is 0.204 e. The highest BCUT2D eigenvalue weighted by Gasteiger charge is 2.32. The number of rotatable bonds is 3. The van der Waals surface area contributed by atoms with Crippen molar-refractivity contribution in [2.75, 3.05) is 14.2 Å². The molecule has 2 aromatic rings. The fourth-order valence-electron chi connectivity index (χ4n) is 2.02. The van der Waals surface area contributed by atoms with Crippen molar-refractivity contribution in [1.29, 1.82) is 0 Å². The molecule has 0 amide bonds. The minimum Gasteiger partial charge on any atom is -0.491 e. The largest absolute Gasteiger partial charge is 0.491 e. The normalized spacial score (nSPS) is 10.9. The van der Waals surface area contributed by atoms with Gasteiger partial charge in [0.15, 0.2) is 34.8 Å². The Morgan fingerprint density at radius 1 is 0.542 bits per heavy atom. The lowest BCUT2D eigenvalue weighted by atomic mass is 10.0. The highest BCUT2D eigenvalue weighted by atomic mass is 79.9. The van der Waals surface area contributed by atoms with Crippen LogP contribution in [0.5, 0.6) is 11.5 Å². The first kappa shape index (κ1) is 18.9. The molecule has 0 aliphatic rings. The quantitative estimate of drug-likeness (QED) is 0.413. The summed E-state index contributed by atoms with van der Waals surface area (Å²) in [5, 5.41) is 0. The molecule has 2 aromatic carbocycles. The molecule has 0 fully saturated rings. The van der Waals surface area contributed by atoms with Gasteiger partial charge in [-0.15, -0.1) is 0 Å². The van der Waals surface area contributed by atoms with Crippen LogP contribution in [0.2, 0.25) is 0 Å². The van der Waals surface area contributed by atoms with E-state index in [-0.39, 0.29) is 0 Å². The standard InChI is InChI=1S/C14H6Br2F6O2/c1-23-13-9(19)5(15)3(7(17)11(13)21)4-6(16)10(20)14(24-2)12(22)8(4)18/h1-2H3. The van der Waals surface area contributed by atoms with E-state index in [1.165, 1.54) is 0 Å². The molecule has 0 N–H and O–H groups in total. The second-order valence-corrected chi connectivity index (χ2v) is 5.91. The number of ether oxygens (including phenoxy) is 2. The predicted molar refractivity (Wildman–Crippen MR) is 80.1 cm³/mol. The molecular formula is C14H6Br2F6O2. The molecule has 0 aliphatic heterocycles. The zero-order valence-corrected chi connectivity index (χ0v) is 15.0. The molecular weight excluding hydrogens is 474 g/mol. The third kappa shape index (κ3) is 2.65. The van der Waals surface area contributed by atoms with Crippen LogP contribution in [0.15, 0.2) is 8.95 Å². The van der Waals surface area contributed by atoms with Gasteiger partial charge in [0.05, 0.1) is 23.2 Å². The molecule has 0 spiro atoms. The molecule has 0 saturated carbocycles. The molecule has 0 heterocycles. The van der Waals surface area contributed by atoms with Crippen LogP contribution in [-0.2, 0) is 0 Å². The van der Waals surface area contributed by atoms with E-state index in [1.54, 1.807) is 0 Å². The summed E-state index contributed by atoms with van der Waals surface area (Å²) >= 11 is 5.24. The highest BCUT2D eigenvalue weighted by molar-refractivity contribution is 9.11. The number of hydrogen-bond acceptors (Lipinski definition) is 2. The van der Waals surface area contributed by atoms with Crippen LogP contribution in [0.3, 0.4) is 0 Å². The van der Waals surface area contributed by atoms with E-state index in [9.17, 15) is 26.3 Å². The van der Waals surface area contributed by atoms with E-state index in [0.29, 0.717) is 0 Å². The van der Waals surface area contributed by atoms with Crippen LogP contribution in [0.4, 0.5) is 26.3 Å². The van der Waals surface area contributed by atoms with Crippen molar-refractivity contribution in [2.24, 2.45) is 0 Å². The Balaban J connectivity index is 2.99. The Morgan fingerprint density at radius 2 is 0.833 bits per heavy atom. The van der Waals surface area contributed by atoms with Crippen molar-refractivity contribution < 1.29 is 35.8 Å². The summed E-state index contributed by atoms with van der Waals surface area (Å²) in [6.07, 6.45) is 0. The number of halogens is 8. The second-order valence-electron chi connectivity index (χ2n) is 4.33. The Hall–Kier alpha value is -1.42. The Bertz CT molecular complexity index is 713. The first-order valence-electron chi connectivity index (χ1n) is 5.99. The Morgan fingerprint density at radius 3 is 1.08 bits per heavy atom. The van der Waals surface area contributed by atoms with Gasteiger partial charge in [-0.1, -0.05) is 0 Å². The molecule has 0 unspecified atom stereocenters. The fourth-order valence-corrected chi connectivity index (χ4v) is 3.13. The van der Waals surface area contributed by atoms with Crippen molar-refractivity contribution >= 4 is 31.9 Å². The third-order valence-corrected chi connectivity index (χ3v) is 4.59. The third-order valence-electron chi connectivity index (χ3n) is 3.10. The zero-order valence-electron chi connectivity index (χ0n) is 11.8. The summed E-state index contributed by atoms with van der Waals surface area (Å²) in [6, 6.07) is 0. The molecule has 2 nitrogen and oxygen atoms in total. The van der Waals surface area contributed by atoms with Crippen LogP contribution in [0.1, 0.15) is 0 Å². The monoisotopic (exact) mass is 478 g/mol. The zero-order chi connectivity index (χ0) is 18.3. The van der Waals surface area contributed by atoms with Gasteiger partial charge in [0.25, 0.3) is 0 Å². The highest BCUT2D eigenvalue weighted by Crippen LogP contribution is 2.46. The van der Waals surface area contributed by atoms with Gasteiger partial charge < -0.3 is 9.47 Å². The summed E-state index contributed by atoms with van der Waals surface area (Å²) in [6.45, 7) is 0. The molecule has 24 heavy (non-hydrogen) atoms. The SMILES string of the molecule is COc1c(F)c(F)c(-c2c(F)c(F)c(OC)c(F)c2Br)c(Br)c1F. The first-order chi connectivity index (χ1) is 11.2. The van der Waals surface area contributed by atoms with Gasteiger partial charge in [0, 0.05) is 11.1 Å². The van der Waals surface area contributed by atoms with Gasteiger partial charge in [-0.25, -0.2) is 17.6 Å². The van der Waals surface area contributed by atoms with Gasteiger partial charge >= 0.3 is 0 Å². The maximum atomic E-state index is 14.3. The van der Waals surface area contributed by atoms with Gasteiger partial charge in [-0.2, -0.15) is 8.78 Å². The van der Waals surface area contributed by atoms with E-state index < -0.39 is 66.5 Å². The molecule has 2 rings (SSSR count). The summed E-state index contributed by atoms with van der Waals surface area (Å²) < 4.78 is 91.7. The molecule has 0 bridgehead atoms. The van der Waals surface area contributed by atoms with Gasteiger partial charge in [0.1, 0.15) is 0 Å². The minimum absolute atomic E-state index is 0.776. The van der Waals surface area contributed by atoms with Gasteiger partial charge in [0.2, 0.25) is 11.6 Å². The van der Waals surface area contributed by atoms with Gasteiger partial charge in [-0.3, -0.25) is 0 Å². The number of hydrogen-bond donors (Lipinski definition) is 0. The Labute approximate surface area is 148 Å². The van der Waals surface area contributed by atoms with Crippen molar-refractivity contribution in [1.82, 2.24) is 0 Å². The van der Waals surface area contributed by atoms with E-state index in [4.69, 9.17) is 0 Å². The van der Waals surface area contributed by atoms with Crippen molar-refractivity contribution in [2.45, 2.75) is 0 Å². The number of methoxy groups -OCH3 is 2. The average Bonchev–Trinajstić information content (AvgIpc) is 2.55. The molecule has 0 aliphatic carbocycles. The lowest BCUT2D eigenvalue weighted by molar-refractivity contribution is 0.343. The summed E-state index contributed by atoms with van der Waals surface area (Å²) in [4.78, 5) is 0.